The highest BCUT2D eigenvalue weighted by Gasteiger charge is 2.27. The Morgan fingerprint density at radius 1 is 1.55 bits per heavy atom. The Hall–Kier alpha value is -0.0400. The summed E-state index contributed by atoms with van der Waals surface area (Å²) in [5.74, 6) is 0. The van der Waals surface area contributed by atoms with Gasteiger partial charge in [0.05, 0.1) is 5.60 Å². The predicted molar refractivity (Wildman–Crippen MR) is 47.2 cm³/mol. The van der Waals surface area contributed by atoms with Gasteiger partial charge in [-0.25, -0.2) is 0 Å². The first-order valence-electron chi connectivity index (χ1n) is 4.81. The van der Waals surface area contributed by atoms with Gasteiger partial charge in [-0.3, -0.25) is 0 Å². The Labute approximate surface area is 69.8 Å². The molecule has 0 aliphatic heterocycles. The molecule has 0 aromatic rings. The fourth-order valence-corrected chi connectivity index (χ4v) is 1.78. The van der Waals surface area contributed by atoms with E-state index in [0.717, 1.165) is 19.3 Å². The van der Waals surface area contributed by atoms with Crippen LogP contribution < -0.4 is 0 Å². The average molecular weight is 155 g/mol. The van der Waals surface area contributed by atoms with Crippen molar-refractivity contribution in [3.05, 3.63) is 6.42 Å². The normalized spacial score (nSPS) is 23.5. The van der Waals surface area contributed by atoms with Gasteiger partial charge in [0.25, 0.3) is 0 Å². The maximum Gasteiger partial charge on any atom is 0.0650 e. The van der Waals surface area contributed by atoms with E-state index >= 15 is 0 Å². The summed E-state index contributed by atoms with van der Waals surface area (Å²) < 4.78 is 0. The Morgan fingerprint density at radius 3 is 2.91 bits per heavy atom. The van der Waals surface area contributed by atoms with Crippen molar-refractivity contribution >= 4 is 0 Å². The van der Waals surface area contributed by atoms with Crippen LogP contribution in [0, 0.1) is 6.42 Å². The van der Waals surface area contributed by atoms with E-state index in [-0.39, 0.29) is 5.60 Å². The number of hydrogen-bond acceptors (Lipinski definition) is 1. The molecule has 0 aromatic carbocycles. The highest BCUT2D eigenvalue weighted by Crippen LogP contribution is 2.31. The van der Waals surface area contributed by atoms with Crippen molar-refractivity contribution in [3.8, 4) is 0 Å². The van der Waals surface area contributed by atoms with Crippen LogP contribution in [-0.4, -0.2) is 10.7 Å². The molecule has 65 valence electrons. The van der Waals surface area contributed by atoms with Gasteiger partial charge >= 0.3 is 0 Å². The van der Waals surface area contributed by atoms with E-state index < -0.39 is 0 Å². The molecule has 1 saturated carbocycles. The van der Waals surface area contributed by atoms with Gasteiger partial charge in [0, 0.05) is 0 Å². The standard InChI is InChI=1S/C10H19O/c1-2-3-7-10(11)8-5-4-6-9-10/h5,11H,2-4,6-9H2,1H3. The molecule has 11 heavy (non-hydrogen) atoms. The summed E-state index contributed by atoms with van der Waals surface area (Å²) in [7, 11) is 0. The summed E-state index contributed by atoms with van der Waals surface area (Å²) in [6, 6.07) is 0. The van der Waals surface area contributed by atoms with Crippen LogP contribution >= 0.6 is 0 Å². The monoisotopic (exact) mass is 155 g/mol. The summed E-state index contributed by atoms with van der Waals surface area (Å²) in [5.41, 5.74) is -0.325. The number of rotatable bonds is 3. The van der Waals surface area contributed by atoms with E-state index in [2.05, 4.69) is 13.3 Å². The van der Waals surface area contributed by atoms with Crippen LogP contribution in [0.5, 0.6) is 0 Å². The van der Waals surface area contributed by atoms with E-state index in [1.807, 2.05) is 0 Å². The van der Waals surface area contributed by atoms with E-state index in [4.69, 9.17) is 0 Å². The first kappa shape index (κ1) is 9.05. The summed E-state index contributed by atoms with van der Waals surface area (Å²) in [6.07, 6.45) is 9.93. The molecule has 0 saturated heterocycles. The average Bonchev–Trinajstić information content (AvgIpc) is 2.03. The first-order valence-corrected chi connectivity index (χ1v) is 4.81. The summed E-state index contributed by atoms with van der Waals surface area (Å²) in [6.45, 7) is 2.18. The summed E-state index contributed by atoms with van der Waals surface area (Å²) in [5, 5.41) is 9.97. The van der Waals surface area contributed by atoms with E-state index in [9.17, 15) is 5.11 Å². The third kappa shape index (κ3) is 2.82. The van der Waals surface area contributed by atoms with Crippen molar-refractivity contribution < 1.29 is 5.11 Å². The van der Waals surface area contributed by atoms with Crippen LogP contribution in [-0.2, 0) is 0 Å². The maximum atomic E-state index is 9.97. The molecule has 1 atom stereocenters. The van der Waals surface area contributed by atoms with Crippen LogP contribution in [0.4, 0.5) is 0 Å². The van der Waals surface area contributed by atoms with Gasteiger partial charge in [0.2, 0.25) is 0 Å². The van der Waals surface area contributed by atoms with Crippen LogP contribution in [0.15, 0.2) is 0 Å². The summed E-state index contributed by atoms with van der Waals surface area (Å²) >= 11 is 0. The lowest BCUT2D eigenvalue weighted by atomic mass is 9.81. The minimum atomic E-state index is -0.325. The van der Waals surface area contributed by atoms with Gasteiger partial charge in [-0.05, 0) is 32.1 Å². The lowest BCUT2D eigenvalue weighted by Crippen LogP contribution is -2.31. The zero-order valence-corrected chi connectivity index (χ0v) is 7.47. The van der Waals surface area contributed by atoms with Gasteiger partial charge < -0.3 is 5.11 Å². The number of unbranched alkanes of at least 4 members (excludes halogenated alkanes) is 1. The van der Waals surface area contributed by atoms with Crippen LogP contribution in [0.25, 0.3) is 0 Å². The Bertz CT molecular complexity index is 103. The second-order valence-corrected chi connectivity index (χ2v) is 3.71. The fraction of sp³-hybridized carbons (Fsp3) is 0.900. The lowest BCUT2D eigenvalue weighted by molar-refractivity contribution is 0.00801. The first-order chi connectivity index (χ1) is 5.27. The molecule has 1 heteroatoms. The highest BCUT2D eigenvalue weighted by atomic mass is 16.3. The number of hydrogen-bond donors (Lipinski definition) is 1. The Morgan fingerprint density at radius 2 is 2.36 bits per heavy atom. The van der Waals surface area contributed by atoms with E-state index in [0.29, 0.717) is 0 Å². The second kappa shape index (κ2) is 4.10. The van der Waals surface area contributed by atoms with Crippen LogP contribution in [0.2, 0.25) is 0 Å². The molecule has 1 unspecified atom stereocenters. The van der Waals surface area contributed by atoms with Gasteiger partial charge in [-0.15, -0.1) is 0 Å². The SMILES string of the molecule is CCCCC1(O)C[CH]CCC1. The Balaban J connectivity index is 2.25. The molecule has 1 fully saturated rings. The topological polar surface area (TPSA) is 20.2 Å². The quantitative estimate of drug-likeness (QED) is 0.664. The van der Waals surface area contributed by atoms with Crippen molar-refractivity contribution in [3.63, 3.8) is 0 Å². The molecule has 1 rings (SSSR count). The van der Waals surface area contributed by atoms with Gasteiger partial charge in [-0.2, -0.15) is 0 Å². The fourth-order valence-electron chi connectivity index (χ4n) is 1.78. The zero-order chi connectivity index (χ0) is 8.16. The molecule has 1 nitrogen and oxygen atoms in total. The zero-order valence-electron chi connectivity index (χ0n) is 7.47. The third-order valence-electron chi connectivity index (χ3n) is 2.57. The molecule has 0 bridgehead atoms. The van der Waals surface area contributed by atoms with E-state index in [1.54, 1.807) is 0 Å². The van der Waals surface area contributed by atoms with Crippen molar-refractivity contribution in [1.82, 2.24) is 0 Å². The largest absolute Gasteiger partial charge is 0.390 e. The minimum absolute atomic E-state index is 0.325. The molecule has 1 N–H and O–H groups in total. The van der Waals surface area contributed by atoms with Crippen LogP contribution in [0.3, 0.4) is 0 Å². The van der Waals surface area contributed by atoms with Crippen LogP contribution in [0.1, 0.15) is 51.9 Å². The smallest absolute Gasteiger partial charge is 0.0650 e. The van der Waals surface area contributed by atoms with Crippen molar-refractivity contribution in [1.29, 1.82) is 0 Å². The molecular weight excluding hydrogens is 136 g/mol. The molecule has 1 radical (unpaired) electrons. The van der Waals surface area contributed by atoms with Crippen molar-refractivity contribution in [2.24, 2.45) is 0 Å². The van der Waals surface area contributed by atoms with Crippen molar-refractivity contribution in [2.75, 3.05) is 0 Å². The molecule has 0 spiro atoms. The third-order valence-corrected chi connectivity index (χ3v) is 2.57. The maximum absolute atomic E-state index is 9.97. The molecule has 0 amide bonds. The second-order valence-electron chi connectivity index (χ2n) is 3.71. The van der Waals surface area contributed by atoms with Crippen molar-refractivity contribution in [2.45, 2.75) is 57.5 Å². The Kier molecular flexibility index (Phi) is 3.38. The molecule has 0 heterocycles. The molecule has 1 aliphatic rings. The summed E-state index contributed by atoms with van der Waals surface area (Å²) in [4.78, 5) is 0. The molecule has 1 aliphatic carbocycles. The number of aliphatic hydroxyl groups is 1. The molecular formula is C10H19O. The molecule has 0 aromatic heterocycles. The lowest BCUT2D eigenvalue weighted by Gasteiger charge is -2.31. The highest BCUT2D eigenvalue weighted by molar-refractivity contribution is 4.89. The van der Waals surface area contributed by atoms with Gasteiger partial charge in [0.15, 0.2) is 0 Å². The predicted octanol–water partition coefficient (Wildman–Crippen LogP) is 2.69. The van der Waals surface area contributed by atoms with E-state index in [1.165, 1.54) is 25.7 Å². The van der Waals surface area contributed by atoms with Gasteiger partial charge in [-0.1, -0.05) is 26.2 Å². The van der Waals surface area contributed by atoms with Gasteiger partial charge in [0.1, 0.15) is 0 Å². The minimum Gasteiger partial charge on any atom is -0.390 e.